The summed E-state index contributed by atoms with van der Waals surface area (Å²) in [4.78, 5) is 28.2. The SMILES string of the molecule is O=C1C=C(c2c[nH]c3cc(Br)ccc23)C(=O)c2ccccc21. The molecular formula is C18H10BrNO2. The van der Waals surface area contributed by atoms with Gasteiger partial charge in [-0.1, -0.05) is 46.3 Å². The van der Waals surface area contributed by atoms with Gasteiger partial charge < -0.3 is 4.98 Å². The zero-order valence-corrected chi connectivity index (χ0v) is 13.0. The van der Waals surface area contributed by atoms with Crippen molar-refractivity contribution >= 4 is 44.0 Å². The van der Waals surface area contributed by atoms with Crippen LogP contribution in [0.4, 0.5) is 0 Å². The molecule has 1 aromatic heterocycles. The van der Waals surface area contributed by atoms with Crippen LogP contribution in [0.5, 0.6) is 0 Å². The van der Waals surface area contributed by atoms with Crippen LogP contribution in [-0.4, -0.2) is 16.6 Å². The van der Waals surface area contributed by atoms with Gasteiger partial charge in [-0.2, -0.15) is 0 Å². The van der Waals surface area contributed by atoms with E-state index in [1.807, 2.05) is 18.2 Å². The zero-order valence-electron chi connectivity index (χ0n) is 11.4. The molecule has 2 aromatic carbocycles. The number of H-pyrrole nitrogens is 1. The summed E-state index contributed by atoms with van der Waals surface area (Å²) in [7, 11) is 0. The standard InChI is InChI=1S/C18H10BrNO2/c19-10-5-6-11-15(9-20-16(11)7-10)14-8-17(21)12-3-1-2-4-13(12)18(14)22/h1-9,20H. The molecule has 1 heterocycles. The van der Waals surface area contributed by atoms with Gasteiger partial charge in [0.2, 0.25) is 0 Å². The molecule has 0 atom stereocenters. The Bertz CT molecular complexity index is 982. The van der Waals surface area contributed by atoms with Crippen LogP contribution >= 0.6 is 15.9 Å². The van der Waals surface area contributed by atoms with Crippen molar-refractivity contribution in [3.05, 3.63) is 75.9 Å². The van der Waals surface area contributed by atoms with Gasteiger partial charge in [-0.15, -0.1) is 0 Å². The molecule has 106 valence electrons. The van der Waals surface area contributed by atoms with Crippen molar-refractivity contribution < 1.29 is 9.59 Å². The average molecular weight is 352 g/mol. The van der Waals surface area contributed by atoms with Gasteiger partial charge in [-0.3, -0.25) is 9.59 Å². The first-order valence-corrected chi connectivity index (χ1v) is 7.61. The summed E-state index contributed by atoms with van der Waals surface area (Å²) in [5.41, 5.74) is 3.06. The normalized spacial score (nSPS) is 14.1. The Balaban J connectivity index is 1.93. The first kappa shape index (κ1) is 13.2. The molecule has 4 heteroatoms. The lowest BCUT2D eigenvalue weighted by atomic mass is 9.86. The topological polar surface area (TPSA) is 49.9 Å². The first-order valence-electron chi connectivity index (χ1n) is 6.82. The van der Waals surface area contributed by atoms with Crippen LogP contribution < -0.4 is 0 Å². The van der Waals surface area contributed by atoms with E-state index in [1.54, 1.807) is 30.5 Å². The van der Waals surface area contributed by atoms with Crippen molar-refractivity contribution in [1.82, 2.24) is 4.98 Å². The number of allylic oxidation sites excluding steroid dienone is 2. The van der Waals surface area contributed by atoms with E-state index < -0.39 is 0 Å². The Morgan fingerprint density at radius 3 is 2.50 bits per heavy atom. The molecule has 1 aliphatic carbocycles. The number of halogens is 1. The molecule has 0 spiro atoms. The molecule has 3 nitrogen and oxygen atoms in total. The Kier molecular flexibility index (Phi) is 2.87. The fourth-order valence-corrected chi connectivity index (χ4v) is 3.20. The molecule has 0 aliphatic heterocycles. The Morgan fingerprint density at radius 2 is 1.68 bits per heavy atom. The van der Waals surface area contributed by atoms with Gasteiger partial charge in [0.1, 0.15) is 0 Å². The van der Waals surface area contributed by atoms with Gasteiger partial charge in [0.05, 0.1) is 0 Å². The Labute approximate surface area is 134 Å². The second kappa shape index (κ2) is 4.78. The maximum absolute atomic E-state index is 12.7. The Hall–Kier alpha value is -2.46. The number of hydrogen-bond donors (Lipinski definition) is 1. The monoisotopic (exact) mass is 351 g/mol. The number of fused-ring (bicyclic) bond motifs is 2. The molecule has 0 amide bonds. The van der Waals surface area contributed by atoms with E-state index in [0.29, 0.717) is 16.7 Å². The molecular weight excluding hydrogens is 342 g/mol. The smallest absolute Gasteiger partial charge is 0.194 e. The molecule has 1 aliphatic rings. The highest BCUT2D eigenvalue weighted by Gasteiger charge is 2.27. The van der Waals surface area contributed by atoms with E-state index in [1.165, 1.54) is 6.08 Å². The lowest BCUT2D eigenvalue weighted by Gasteiger charge is -2.14. The maximum atomic E-state index is 12.7. The van der Waals surface area contributed by atoms with Gasteiger partial charge >= 0.3 is 0 Å². The van der Waals surface area contributed by atoms with E-state index in [4.69, 9.17) is 0 Å². The number of carbonyl (C=O) groups excluding carboxylic acids is 2. The van der Waals surface area contributed by atoms with Crippen molar-refractivity contribution in [2.45, 2.75) is 0 Å². The number of hydrogen-bond acceptors (Lipinski definition) is 2. The molecule has 22 heavy (non-hydrogen) atoms. The van der Waals surface area contributed by atoms with Gasteiger partial charge in [0.25, 0.3) is 0 Å². The summed E-state index contributed by atoms with van der Waals surface area (Å²) < 4.78 is 0.957. The van der Waals surface area contributed by atoms with Crippen molar-refractivity contribution in [3.63, 3.8) is 0 Å². The van der Waals surface area contributed by atoms with E-state index in [0.717, 1.165) is 20.9 Å². The van der Waals surface area contributed by atoms with Crippen LogP contribution in [-0.2, 0) is 0 Å². The summed E-state index contributed by atoms with van der Waals surface area (Å²) in [5.74, 6) is -0.240. The predicted octanol–water partition coefficient (Wildman–Crippen LogP) is 4.39. The predicted molar refractivity (Wildman–Crippen MR) is 89.1 cm³/mol. The highest BCUT2D eigenvalue weighted by Crippen LogP contribution is 2.32. The van der Waals surface area contributed by atoms with Crippen LogP contribution in [0.25, 0.3) is 16.5 Å². The molecule has 0 radical (unpaired) electrons. The first-order chi connectivity index (χ1) is 10.6. The summed E-state index contributed by atoms with van der Waals surface area (Å²) in [6.45, 7) is 0. The summed E-state index contributed by atoms with van der Waals surface area (Å²) in [6, 6.07) is 12.7. The van der Waals surface area contributed by atoms with Gasteiger partial charge in [0.15, 0.2) is 11.6 Å². The fraction of sp³-hybridized carbons (Fsp3) is 0. The molecule has 0 saturated heterocycles. The van der Waals surface area contributed by atoms with Crippen LogP contribution in [0, 0.1) is 0 Å². The number of rotatable bonds is 1. The quantitative estimate of drug-likeness (QED) is 0.706. The minimum absolute atomic E-state index is 0.112. The third kappa shape index (κ3) is 1.88. The number of carbonyl (C=O) groups is 2. The highest BCUT2D eigenvalue weighted by atomic mass is 79.9. The number of benzene rings is 2. The van der Waals surface area contributed by atoms with Crippen LogP contribution in [0.3, 0.4) is 0 Å². The van der Waals surface area contributed by atoms with Gasteiger partial charge in [-0.05, 0) is 18.2 Å². The molecule has 4 rings (SSSR count). The molecule has 0 saturated carbocycles. The molecule has 3 aromatic rings. The van der Waals surface area contributed by atoms with Crippen molar-refractivity contribution in [2.75, 3.05) is 0 Å². The van der Waals surface area contributed by atoms with Gasteiger partial charge in [0, 0.05) is 43.8 Å². The van der Waals surface area contributed by atoms with E-state index in [2.05, 4.69) is 20.9 Å². The number of Topliss-reactive ketones (excluding diaryl/α,β-unsaturated/α-hetero) is 1. The fourth-order valence-electron chi connectivity index (χ4n) is 2.84. The summed E-state index contributed by atoms with van der Waals surface area (Å²) in [6.07, 6.45) is 3.22. The Morgan fingerprint density at radius 1 is 0.909 bits per heavy atom. The maximum Gasteiger partial charge on any atom is 0.194 e. The van der Waals surface area contributed by atoms with E-state index >= 15 is 0 Å². The number of nitrogens with one attached hydrogen (secondary N) is 1. The summed E-state index contributed by atoms with van der Waals surface area (Å²) in [5, 5.41) is 0.926. The lowest BCUT2D eigenvalue weighted by molar-refractivity contribution is 0.100. The number of aromatic nitrogens is 1. The molecule has 0 unspecified atom stereocenters. The second-order valence-corrected chi connectivity index (χ2v) is 6.10. The van der Waals surface area contributed by atoms with Crippen LogP contribution in [0.1, 0.15) is 26.3 Å². The van der Waals surface area contributed by atoms with Crippen LogP contribution in [0.2, 0.25) is 0 Å². The molecule has 0 fully saturated rings. The third-order valence-electron chi connectivity index (χ3n) is 3.89. The number of ketones is 2. The van der Waals surface area contributed by atoms with Crippen LogP contribution in [0.15, 0.2) is 59.2 Å². The second-order valence-electron chi connectivity index (χ2n) is 5.19. The van der Waals surface area contributed by atoms with Crippen molar-refractivity contribution in [2.24, 2.45) is 0 Å². The van der Waals surface area contributed by atoms with E-state index in [9.17, 15) is 9.59 Å². The zero-order chi connectivity index (χ0) is 15.3. The third-order valence-corrected chi connectivity index (χ3v) is 4.38. The minimum atomic E-state index is -0.128. The average Bonchev–Trinajstić information content (AvgIpc) is 2.93. The lowest BCUT2D eigenvalue weighted by Crippen LogP contribution is -2.15. The van der Waals surface area contributed by atoms with Crippen molar-refractivity contribution in [1.29, 1.82) is 0 Å². The summed E-state index contributed by atoms with van der Waals surface area (Å²) >= 11 is 3.42. The molecule has 1 N–H and O–H groups in total. The van der Waals surface area contributed by atoms with Gasteiger partial charge in [-0.25, -0.2) is 0 Å². The largest absolute Gasteiger partial charge is 0.361 e. The van der Waals surface area contributed by atoms with E-state index in [-0.39, 0.29) is 11.6 Å². The molecule has 0 bridgehead atoms. The highest BCUT2D eigenvalue weighted by molar-refractivity contribution is 9.10. The van der Waals surface area contributed by atoms with Crippen molar-refractivity contribution in [3.8, 4) is 0 Å². The number of aromatic amines is 1. The minimum Gasteiger partial charge on any atom is -0.361 e.